The number of ether oxygens (including phenoxy) is 1. The maximum Gasteiger partial charge on any atom is 0.316 e. The van der Waals surface area contributed by atoms with Gasteiger partial charge in [-0.2, -0.15) is 9.90 Å². The SMILES string of the molecule is O=C(c1cnn(-c2ccccc2)n1)N1CCCC(Oc2ncc(F)cn2)C1. The lowest BCUT2D eigenvalue weighted by atomic mass is 10.1. The van der Waals surface area contributed by atoms with Gasteiger partial charge in [0.25, 0.3) is 5.91 Å². The second-order valence-corrected chi connectivity index (χ2v) is 6.17. The van der Waals surface area contributed by atoms with Crippen molar-refractivity contribution in [1.82, 2.24) is 29.9 Å². The van der Waals surface area contributed by atoms with Gasteiger partial charge in [0.15, 0.2) is 11.5 Å². The van der Waals surface area contributed by atoms with E-state index in [2.05, 4.69) is 20.2 Å². The number of piperidine rings is 1. The lowest BCUT2D eigenvalue weighted by Crippen LogP contribution is -2.44. The maximum absolute atomic E-state index is 12.9. The van der Waals surface area contributed by atoms with Gasteiger partial charge in [-0.05, 0) is 25.0 Å². The quantitative estimate of drug-likeness (QED) is 0.699. The number of rotatable bonds is 4. The molecular weight excluding hydrogens is 351 g/mol. The lowest BCUT2D eigenvalue weighted by molar-refractivity contribution is 0.0510. The highest BCUT2D eigenvalue weighted by Gasteiger charge is 2.27. The number of nitrogens with zero attached hydrogens (tertiary/aromatic N) is 6. The molecule has 1 unspecified atom stereocenters. The fourth-order valence-electron chi connectivity index (χ4n) is 2.94. The van der Waals surface area contributed by atoms with Crippen molar-refractivity contribution in [2.45, 2.75) is 18.9 Å². The number of carbonyl (C=O) groups excluding carboxylic acids is 1. The minimum absolute atomic E-state index is 0.103. The van der Waals surface area contributed by atoms with E-state index in [4.69, 9.17) is 4.74 Å². The van der Waals surface area contributed by atoms with Crippen molar-refractivity contribution >= 4 is 5.91 Å². The van der Waals surface area contributed by atoms with Crippen LogP contribution >= 0.6 is 0 Å². The molecule has 1 atom stereocenters. The summed E-state index contributed by atoms with van der Waals surface area (Å²) in [5.41, 5.74) is 1.06. The average molecular weight is 368 g/mol. The fraction of sp³-hybridized carbons (Fsp3) is 0.278. The van der Waals surface area contributed by atoms with Gasteiger partial charge in [0.2, 0.25) is 0 Å². The minimum atomic E-state index is -0.524. The summed E-state index contributed by atoms with van der Waals surface area (Å²) in [4.78, 5) is 23.5. The largest absolute Gasteiger partial charge is 0.458 e. The summed E-state index contributed by atoms with van der Waals surface area (Å²) in [6, 6.07) is 9.49. The summed E-state index contributed by atoms with van der Waals surface area (Å²) in [5, 5.41) is 8.45. The average Bonchev–Trinajstić information content (AvgIpc) is 3.20. The molecule has 0 spiro atoms. The van der Waals surface area contributed by atoms with E-state index in [0.29, 0.717) is 13.1 Å². The van der Waals surface area contributed by atoms with Crippen molar-refractivity contribution in [3.05, 3.63) is 60.4 Å². The van der Waals surface area contributed by atoms with Gasteiger partial charge in [-0.15, -0.1) is 5.10 Å². The molecular formula is C18H17FN6O2. The topological polar surface area (TPSA) is 86.0 Å². The van der Waals surface area contributed by atoms with Gasteiger partial charge in [0.1, 0.15) is 6.10 Å². The van der Waals surface area contributed by atoms with Crippen LogP contribution in [0.2, 0.25) is 0 Å². The first-order valence-electron chi connectivity index (χ1n) is 8.60. The normalized spacial score (nSPS) is 16.9. The van der Waals surface area contributed by atoms with E-state index in [9.17, 15) is 9.18 Å². The zero-order chi connectivity index (χ0) is 18.6. The predicted molar refractivity (Wildman–Crippen MR) is 92.9 cm³/mol. The molecule has 1 aliphatic rings. The van der Waals surface area contributed by atoms with E-state index in [1.54, 1.807) is 4.90 Å². The van der Waals surface area contributed by atoms with Crippen molar-refractivity contribution in [2.75, 3.05) is 13.1 Å². The third-order valence-corrected chi connectivity index (χ3v) is 4.23. The van der Waals surface area contributed by atoms with Crippen LogP contribution in [0, 0.1) is 5.82 Å². The van der Waals surface area contributed by atoms with E-state index in [0.717, 1.165) is 30.9 Å². The Labute approximate surface area is 154 Å². The molecule has 1 saturated heterocycles. The second kappa shape index (κ2) is 7.48. The van der Waals surface area contributed by atoms with Crippen molar-refractivity contribution in [1.29, 1.82) is 0 Å². The number of benzene rings is 1. The van der Waals surface area contributed by atoms with Gasteiger partial charge in [-0.1, -0.05) is 18.2 Å². The molecule has 0 bridgehead atoms. The second-order valence-electron chi connectivity index (χ2n) is 6.17. The molecule has 0 saturated carbocycles. The molecule has 1 aliphatic heterocycles. The molecule has 8 nitrogen and oxygen atoms in total. The molecule has 3 aromatic rings. The fourth-order valence-corrected chi connectivity index (χ4v) is 2.94. The number of aromatic nitrogens is 5. The van der Waals surface area contributed by atoms with Crippen molar-refractivity contribution in [3.8, 4) is 11.7 Å². The number of carbonyl (C=O) groups is 1. The molecule has 1 fully saturated rings. The van der Waals surface area contributed by atoms with Gasteiger partial charge >= 0.3 is 6.01 Å². The Kier molecular flexibility index (Phi) is 4.73. The molecule has 4 rings (SSSR count). The Hall–Kier alpha value is -3.36. The molecule has 27 heavy (non-hydrogen) atoms. The van der Waals surface area contributed by atoms with Crippen molar-refractivity contribution in [2.24, 2.45) is 0 Å². The highest BCUT2D eigenvalue weighted by molar-refractivity contribution is 5.92. The van der Waals surface area contributed by atoms with E-state index >= 15 is 0 Å². The van der Waals surface area contributed by atoms with Crippen LogP contribution in [0.3, 0.4) is 0 Å². The van der Waals surface area contributed by atoms with E-state index in [1.165, 1.54) is 11.0 Å². The number of likely N-dealkylation sites (tertiary alicyclic amines) is 1. The summed E-state index contributed by atoms with van der Waals surface area (Å²) >= 11 is 0. The molecule has 0 aliphatic carbocycles. The zero-order valence-electron chi connectivity index (χ0n) is 14.4. The first-order valence-corrected chi connectivity index (χ1v) is 8.60. The third kappa shape index (κ3) is 3.91. The third-order valence-electron chi connectivity index (χ3n) is 4.23. The van der Waals surface area contributed by atoms with Crippen molar-refractivity contribution < 1.29 is 13.9 Å². The Morgan fingerprint density at radius 3 is 2.70 bits per heavy atom. The molecule has 3 heterocycles. The van der Waals surface area contributed by atoms with Crippen LogP contribution in [0.4, 0.5) is 4.39 Å². The van der Waals surface area contributed by atoms with Crippen LogP contribution in [-0.2, 0) is 0 Å². The molecule has 1 amide bonds. The first-order chi connectivity index (χ1) is 13.2. The molecule has 2 aromatic heterocycles. The standard InChI is InChI=1S/C18H17FN6O2/c19-13-9-20-18(21-10-13)27-15-7-4-8-24(12-15)17(26)16-11-22-25(23-16)14-5-2-1-3-6-14/h1-3,5-6,9-11,15H,4,7-8,12H2. The summed E-state index contributed by atoms with van der Waals surface area (Å²) in [6.45, 7) is 0.999. The lowest BCUT2D eigenvalue weighted by Gasteiger charge is -2.31. The molecule has 138 valence electrons. The number of amides is 1. The number of hydrogen-bond acceptors (Lipinski definition) is 6. The summed E-state index contributed by atoms with van der Waals surface area (Å²) in [6.07, 6.45) is 4.86. The summed E-state index contributed by atoms with van der Waals surface area (Å²) < 4.78 is 18.6. The van der Waals surface area contributed by atoms with Crippen LogP contribution < -0.4 is 4.74 Å². The molecule has 1 aromatic carbocycles. The Morgan fingerprint density at radius 1 is 1.15 bits per heavy atom. The predicted octanol–water partition coefficient (Wildman–Crippen LogP) is 1.88. The van der Waals surface area contributed by atoms with Gasteiger partial charge < -0.3 is 9.64 Å². The summed E-state index contributed by atoms with van der Waals surface area (Å²) in [7, 11) is 0. The molecule has 9 heteroatoms. The molecule has 0 N–H and O–H groups in total. The van der Waals surface area contributed by atoms with Crippen LogP contribution in [-0.4, -0.2) is 55.0 Å². The van der Waals surface area contributed by atoms with Gasteiger partial charge in [-0.25, -0.2) is 14.4 Å². The van der Waals surface area contributed by atoms with Crippen LogP contribution in [0.15, 0.2) is 48.9 Å². The number of para-hydroxylation sites is 1. The summed E-state index contributed by atoms with van der Waals surface area (Å²) in [5.74, 6) is -0.727. The van der Waals surface area contributed by atoms with E-state index in [-0.39, 0.29) is 23.7 Å². The van der Waals surface area contributed by atoms with Gasteiger partial charge in [-0.3, -0.25) is 4.79 Å². The van der Waals surface area contributed by atoms with Crippen LogP contribution in [0.1, 0.15) is 23.3 Å². The maximum atomic E-state index is 12.9. The highest BCUT2D eigenvalue weighted by Crippen LogP contribution is 2.17. The highest BCUT2D eigenvalue weighted by atomic mass is 19.1. The van der Waals surface area contributed by atoms with Crippen LogP contribution in [0.5, 0.6) is 6.01 Å². The molecule has 0 radical (unpaired) electrons. The van der Waals surface area contributed by atoms with Gasteiger partial charge in [0.05, 0.1) is 30.8 Å². The van der Waals surface area contributed by atoms with Crippen molar-refractivity contribution in [3.63, 3.8) is 0 Å². The Balaban J connectivity index is 1.43. The smallest absolute Gasteiger partial charge is 0.316 e. The minimum Gasteiger partial charge on any atom is -0.458 e. The van der Waals surface area contributed by atoms with Crippen LogP contribution in [0.25, 0.3) is 5.69 Å². The Morgan fingerprint density at radius 2 is 1.93 bits per heavy atom. The van der Waals surface area contributed by atoms with E-state index in [1.807, 2.05) is 30.3 Å². The zero-order valence-corrected chi connectivity index (χ0v) is 14.4. The van der Waals surface area contributed by atoms with Gasteiger partial charge in [0, 0.05) is 6.54 Å². The number of hydrogen-bond donors (Lipinski definition) is 0. The van der Waals surface area contributed by atoms with E-state index < -0.39 is 5.82 Å². The first kappa shape index (κ1) is 17.1. The monoisotopic (exact) mass is 368 g/mol. The Bertz CT molecular complexity index is 915. The number of halogens is 1.